The molecule has 2 fully saturated rings. The molecule has 2 amide bonds. The van der Waals surface area contributed by atoms with Crippen molar-refractivity contribution in [2.24, 2.45) is 14.1 Å². The number of likely N-dealkylation sites (tertiary alicyclic amines) is 1. The number of rotatable bonds is 4. The predicted octanol–water partition coefficient (Wildman–Crippen LogP) is 1.78. The van der Waals surface area contributed by atoms with Crippen molar-refractivity contribution in [1.82, 2.24) is 29.0 Å². The van der Waals surface area contributed by atoms with Gasteiger partial charge in [0.05, 0.1) is 47.8 Å². The first-order valence-corrected chi connectivity index (χ1v) is 12.2. The fourth-order valence-corrected chi connectivity index (χ4v) is 5.36. The lowest BCUT2D eigenvalue weighted by Gasteiger charge is -2.47. The Balaban J connectivity index is 1.12. The number of aromatic nitrogens is 5. The van der Waals surface area contributed by atoms with E-state index in [0.29, 0.717) is 42.9 Å². The summed E-state index contributed by atoms with van der Waals surface area (Å²) in [4.78, 5) is 40.3. The van der Waals surface area contributed by atoms with Crippen LogP contribution in [0.5, 0.6) is 0 Å². The quantitative estimate of drug-likeness (QED) is 0.456. The van der Waals surface area contributed by atoms with Crippen LogP contribution in [0.2, 0.25) is 0 Å². The molecular weight excluding hydrogens is 474 g/mol. The van der Waals surface area contributed by atoms with E-state index in [2.05, 4.69) is 15.6 Å². The zero-order chi connectivity index (χ0) is 25.9. The van der Waals surface area contributed by atoms with Gasteiger partial charge in [-0.05, 0) is 50.1 Å². The van der Waals surface area contributed by atoms with Crippen molar-refractivity contribution in [3.8, 4) is 5.69 Å². The molecule has 6 rings (SSSR count). The Morgan fingerprint density at radius 2 is 1.86 bits per heavy atom. The Morgan fingerprint density at radius 1 is 1.08 bits per heavy atom. The Hall–Kier alpha value is -4.25. The van der Waals surface area contributed by atoms with E-state index in [9.17, 15) is 14.4 Å². The first-order chi connectivity index (χ1) is 17.7. The zero-order valence-electron chi connectivity index (χ0n) is 20.8. The highest BCUT2D eigenvalue weighted by atomic mass is 16.5. The van der Waals surface area contributed by atoms with Crippen molar-refractivity contribution in [3.05, 3.63) is 70.4 Å². The fourth-order valence-electron chi connectivity index (χ4n) is 5.36. The van der Waals surface area contributed by atoms with Gasteiger partial charge in [-0.15, -0.1) is 5.10 Å². The van der Waals surface area contributed by atoms with Crippen LogP contribution < -0.4 is 11.0 Å². The van der Waals surface area contributed by atoms with Gasteiger partial charge in [-0.1, -0.05) is 16.8 Å². The van der Waals surface area contributed by atoms with Crippen LogP contribution in [0.1, 0.15) is 28.8 Å². The number of amides is 2. The van der Waals surface area contributed by atoms with Crippen molar-refractivity contribution < 1.29 is 14.3 Å². The number of nitrogens with zero attached hydrogens (tertiary/aromatic N) is 6. The third-order valence-electron chi connectivity index (χ3n) is 7.38. The van der Waals surface area contributed by atoms with E-state index in [-0.39, 0.29) is 17.5 Å². The maximum atomic E-state index is 13.4. The lowest BCUT2D eigenvalue weighted by molar-refractivity contribution is -0.146. The molecule has 0 bridgehead atoms. The summed E-state index contributed by atoms with van der Waals surface area (Å²) in [6.45, 7) is 2.80. The molecule has 0 saturated carbocycles. The van der Waals surface area contributed by atoms with Gasteiger partial charge in [0.25, 0.3) is 11.8 Å². The molecule has 2 aliphatic rings. The SMILES string of the molecule is Cc1ccc(-n2ccnn2)c(C(=O)N2CC3(CCC(C(=O)Nc4ccc5c(c4)n(C)c(=O)n5C)O3)C2)c1. The molecule has 11 nitrogen and oxygen atoms in total. The second-order valence-corrected chi connectivity index (χ2v) is 9.95. The third-order valence-corrected chi connectivity index (χ3v) is 7.38. The summed E-state index contributed by atoms with van der Waals surface area (Å²) >= 11 is 0. The lowest BCUT2D eigenvalue weighted by atomic mass is 9.89. The highest BCUT2D eigenvalue weighted by Crippen LogP contribution is 2.39. The second kappa shape index (κ2) is 8.41. The number of benzene rings is 2. The van der Waals surface area contributed by atoms with Crippen molar-refractivity contribution in [1.29, 1.82) is 0 Å². The van der Waals surface area contributed by atoms with Gasteiger partial charge in [0.2, 0.25) is 0 Å². The normalized spacial score (nSPS) is 18.4. The number of ether oxygens (including phenoxy) is 1. The minimum absolute atomic E-state index is 0.0990. The largest absolute Gasteiger partial charge is 0.358 e. The van der Waals surface area contributed by atoms with Crippen LogP contribution in [0.3, 0.4) is 0 Å². The Kier molecular flexibility index (Phi) is 5.27. The number of hydrogen-bond acceptors (Lipinski definition) is 6. The summed E-state index contributed by atoms with van der Waals surface area (Å²) in [6.07, 6.45) is 3.96. The third kappa shape index (κ3) is 3.82. The average molecular weight is 502 g/mol. The molecule has 11 heteroatoms. The first kappa shape index (κ1) is 23.2. The number of aryl methyl sites for hydroxylation is 3. The van der Waals surface area contributed by atoms with E-state index in [1.165, 1.54) is 0 Å². The average Bonchev–Trinajstić information content (AvgIpc) is 3.60. The van der Waals surface area contributed by atoms with E-state index in [4.69, 9.17) is 4.74 Å². The van der Waals surface area contributed by atoms with Crippen LogP contribution in [0.4, 0.5) is 5.69 Å². The second-order valence-electron chi connectivity index (χ2n) is 9.95. The van der Waals surface area contributed by atoms with Crippen LogP contribution in [0.25, 0.3) is 16.7 Å². The number of carbonyl (C=O) groups is 2. The van der Waals surface area contributed by atoms with Crippen molar-refractivity contribution in [3.63, 3.8) is 0 Å². The molecule has 2 aromatic heterocycles. The van der Waals surface area contributed by atoms with Crippen LogP contribution in [-0.2, 0) is 23.6 Å². The lowest BCUT2D eigenvalue weighted by Crippen LogP contribution is -2.63. The molecule has 1 N–H and O–H groups in total. The van der Waals surface area contributed by atoms with Gasteiger partial charge in [-0.2, -0.15) is 0 Å². The molecule has 190 valence electrons. The Morgan fingerprint density at radius 3 is 2.62 bits per heavy atom. The minimum atomic E-state index is -0.600. The molecule has 37 heavy (non-hydrogen) atoms. The van der Waals surface area contributed by atoms with E-state index < -0.39 is 11.7 Å². The summed E-state index contributed by atoms with van der Waals surface area (Å²) in [5.74, 6) is -0.327. The number of hydrogen-bond donors (Lipinski definition) is 1. The van der Waals surface area contributed by atoms with Crippen LogP contribution >= 0.6 is 0 Å². The van der Waals surface area contributed by atoms with Gasteiger partial charge in [-0.3, -0.25) is 18.7 Å². The zero-order valence-corrected chi connectivity index (χ0v) is 20.8. The highest BCUT2D eigenvalue weighted by Gasteiger charge is 2.52. The molecule has 2 aromatic carbocycles. The number of imidazole rings is 1. The summed E-state index contributed by atoms with van der Waals surface area (Å²) in [5, 5.41) is 10.8. The predicted molar refractivity (Wildman–Crippen MR) is 136 cm³/mol. The number of carbonyl (C=O) groups excluding carboxylic acids is 2. The number of anilines is 1. The standard InChI is InChI=1S/C26H27N7O4/c1-16-4-6-19(33-11-10-27-29-33)18(12-16)24(35)32-14-26(15-32)9-8-22(37-26)23(34)28-17-5-7-20-21(13-17)31(3)25(36)30(20)2/h4-7,10-13,22H,8-9,14-15H2,1-3H3,(H,28,34). The van der Waals surface area contributed by atoms with Gasteiger partial charge < -0.3 is 15.0 Å². The summed E-state index contributed by atoms with van der Waals surface area (Å²) in [6, 6.07) is 11.0. The summed E-state index contributed by atoms with van der Waals surface area (Å²) < 4.78 is 10.9. The van der Waals surface area contributed by atoms with Gasteiger partial charge in [0, 0.05) is 19.8 Å². The minimum Gasteiger partial charge on any atom is -0.358 e. The van der Waals surface area contributed by atoms with Crippen LogP contribution in [0.15, 0.2) is 53.6 Å². The van der Waals surface area contributed by atoms with Crippen molar-refractivity contribution in [2.75, 3.05) is 18.4 Å². The van der Waals surface area contributed by atoms with E-state index in [1.807, 2.05) is 31.2 Å². The van der Waals surface area contributed by atoms with E-state index >= 15 is 0 Å². The maximum Gasteiger partial charge on any atom is 0.328 e. The first-order valence-electron chi connectivity index (χ1n) is 12.2. The van der Waals surface area contributed by atoms with Gasteiger partial charge >= 0.3 is 5.69 Å². The molecule has 4 aromatic rings. The molecule has 0 radical (unpaired) electrons. The molecule has 4 heterocycles. The van der Waals surface area contributed by atoms with Gasteiger partial charge in [0.1, 0.15) is 11.7 Å². The molecular formula is C26H27N7O4. The monoisotopic (exact) mass is 501 g/mol. The summed E-state index contributed by atoms with van der Waals surface area (Å²) in [7, 11) is 3.42. The van der Waals surface area contributed by atoms with Crippen LogP contribution in [0, 0.1) is 6.92 Å². The van der Waals surface area contributed by atoms with E-state index in [0.717, 1.165) is 16.6 Å². The van der Waals surface area contributed by atoms with Gasteiger partial charge in [-0.25, -0.2) is 9.48 Å². The topological polar surface area (TPSA) is 116 Å². The Labute approximate surface area is 212 Å². The molecule has 1 atom stereocenters. The Bertz CT molecular complexity index is 1600. The van der Waals surface area contributed by atoms with Crippen LogP contribution in [-0.4, -0.2) is 65.6 Å². The summed E-state index contributed by atoms with van der Waals surface area (Å²) in [5.41, 5.74) is 3.71. The fraction of sp³-hybridized carbons (Fsp3) is 0.346. The maximum absolute atomic E-state index is 13.4. The number of fused-ring (bicyclic) bond motifs is 1. The van der Waals surface area contributed by atoms with Crippen molar-refractivity contribution >= 4 is 28.5 Å². The van der Waals surface area contributed by atoms with E-state index in [1.54, 1.807) is 57.3 Å². The van der Waals surface area contributed by atoms with Gasteiger partial charge in [0.15, 0.2) is 0 Å². The molecule has 1 unspecified atom stereocenters. The molecule has 2 aliphatic heterocycles. The highest BCUT2D eigenvalue weighted by molar-refractivity contribution is 5.99. The smallest absolute Gasteiger partial charge is 0.328 e. The van der Waals surface area contributed by atoms with Crippen molar-refractivity contribution in [2.45, 2.75) is 31.5 Å². The molecule has 1 spiro atoms. The number of nitrogens with one attached hydrogen (secondary N) is 1. The molecule has 0 aliphatic carbocycles. The molecule has 2 saturated heterocycles.